The van der Waals surface area contributed by atoms with Gasteiger partial charge in [-0.25, -0.2) is 4.39 Å². The Hall–Kier alpha value is -1.34. The molecule has 0 bridgehead atoms. The largest absolute Gasteiger partial charge is 0.362 e. The smallest absolute Gasteiger partial charge is 0.250 e. The van der Waals surface area contributed by atoms with E-state index >= 15 is 0 Å². The van der Waals surface area contributed by atoms with Crippen molar-refractivity contribution in [3.63, 3.8) is 0 Å². The lowest BCUT2D eigenvalue weighted by atomic mass is 9.36. The van der Waals surface area contributed by atoms with Crippen LogP contribution >= 0.6 is 11.6 Å². The van der Waals surface area contributed by atoms with E-state index in [1.807, 2.05) is 29.5 Å². The first-order chi connectivity index (χ1) is 14.1. The van der Waals surface area contributed by atoms with Gasteiger partial charge in [0.25, 0.3) is 5.91 Å². The summed E-state index contributed by atoms with van der Waals surface area (Å²) in [6, 6.07) is 3.84. The van der Waals surface area contributed by atoms with Crippen LogP contribution in [0.1, 0.15) is 37.0 Å². The van der Waals surface area contributed by atoms with Crippen molar-refractivity contribution in [2.45, 2.75) is 42.7 Å². The van der Waals surface area contributed by atoms with E-state index < -0.39 is 11.2 Å². The van der Waals surface area contributed by atoms with Gasteiger partial charge in [0.05, 0.1) is 30.1 Å². The number of amides is 2. The number of benzene rings is 1. The molecule has 0 spiro atoms. The second-order valence-corrected chi connectivity index (χ2v) is 11.2. The normalized spacial score (nSPS) is 16.6. The topological polar surface area (TPSA) is 61.4 Å². The molecule has 0 saturated carbocycles. The molecule has 0 radical (unpaired) electrons. The molecule has 0 unspecified atom stereocenters. The maximum atomic E-state index is 13.6. The molecule has 5 nitrogen and oxygen atoms in total. The van der Waals surface area contributed by atoms with Crippen LogP contribution in [-0.2, 0) is 4.79 Å². The summed E-state index contributed by atoms with van der Waals surface area (Å²) in [5.41, 5.74) is -0.0808. The van der Waals surface area contributed by atoms with Gasteiger partial charge >= 0.3 is 0 Å². The highest BCUT2D eigenvalue weighted by Crippen LogP contribution is 2.28. The van der Waals surface area contributed by atoms with Crippen LogP contribution in [0, 0.1) is 11.7 Å². The Kier molecular flexibility index (Phi) is 8.07. The van der Waals surface area contributed by atoms with Gasteiger partial charge in [-0.2, -0.15) is 0 Å². The molecule has 0 atom stereocenters. The highest BCUT2D eigenvalue weighted by Gasteiger charge is 2.36. The predicted octanol–water partition coefficient (Wildman–Crippen LogP) is -2.29. The molecule has 1 aliphatic rings. The van der Waals surface area contributed by atoms with Crippen LogP contribution in [0.3, 0.4) is 0 Å². The predicted molar refractivity (Wildman–Crippen MR) is 138 cm³/mol. The van der Waals surface area contributed by atoms with E-state index in [2.05, 4.69) is 39.1 Å². The average Bonchev–Trinajstić information content (AvgIpc) is 2.59. The van der Waals surface area contributed by atoms with Gasteiger partial charge in [-0.1, -0.05) is 16.7 Å². The number of carbonyl (C=O) groups excluding carboxylic acids is 2. The van der Waals surface area contributed by atoms with E-state index in [-0.39, 0.29) is 39.0 Å². The van der Waals surface area contributed by atoms with Crippen LogP contribution in [-0.4, -0.2) is 86.5 Å². The fourth-order valence-electron chi connectivity index (χ4n) is 3.74. The molecule has 2 amide bonds. The lowest BCUT2D eigenvalue weighted by Gasteiger charge is -2.43. The van der Waals surface area contributed by atoms with E-state index in [1.54, 1.807) is 0 Å². The SMILES string of the molecule is BC(B)(NC(=O)c1cc(F)cc(Cl)c1)C1CCN(CC(=O)NC(C)(C)C(B)(B)B)CC1. The number of carbonyl (C=O) groups is 2. The van der Waals surface area contributed by atoms with Gasteiger partial charge in [0.15, 0.2) is 0 Å². The first-order valence-electron chi connectivity index (χ1n) is 10.9. The number of piperidine rings is 1. The number of nitrogens with one attached hydrogen (secondary N) is 2. The number of hydrogen-bond acceptors (Lipinski definition) is 3. The molecular weight excluding hydrogens is 411 g/mol. The third-order valence-electron chi connectivity index (χ3n) is 6.86. The molecule has 2 N–H and O–H groups in total. The summed E-state index contributed by atoms with van der Waals surface area (Å²) in [6.45, 7) is 6.06. The third-order valence-corrected chi connectivity index (χ3v) is 7.08. The Morgan fingerprint density at radius 2 is 1.68 bits per heavy atom. The quantitative estimate of drug-likeness (QED) is 0.467. The third kappa shape index (κ3) is 7.08. The molecule has 1 saturated heterocycles. The number of hydrogen-bond donors (Lipinski definition) is 2. The van der Waals surface area contributed by atoms with Crippen molar-refractivity contribution in [3.05, 3.63) is 34.6 Å². The zero-order valence-corrected chi connectivity index (χ0v) is 20.6. The Morgan fingerprint density at radius 1 is 1.10 bits per heavy atom. The van der Waals surface area contributed by atoms with Gasteiger partial charge in [0, 0.05) is 16.1 Å². The molecule has 1 aromatic rings. The fourth-order valence-corrected chi connectivity index (χ4v) is 3.96. The van der Waals surface area contributed by atoms with E-state index in [0.717, 1.165) is 25.9 Å². The van der Waals surface area contributed by atoms with Crippen LogP contribution in [0.15, 0.2) is 18.2 Å². The molecule has 164 valence electrons. The van der Waals surface area contributed by atoms with Crippen molar-refractivity contribution in [2.24, 2.45) is 5.92 Å². The minimum atomic E-state index is -0.531. The summed E-state index contributed by atoms with van der Waals surface area (Å²) in [6.07, 6.45) is 1.74. The van der Waals surface area contributed by atoms with Crippen LogP contribution < -0.4 is 10.6 Å². The Bertz CT molecular complexity index is 807. The molecule has 0 aromatic heterocycles. The highest BCUT2D eigenvalue weighted by molar-refractivity contribution is 6.60. The molecule has 1 aromatic carbocycles. The number of halogens is 2. The Balaban J connectivity index is 1.89. The second-order valence-electron chi connectivity index (χ2n) is 10.8. The van der Waals surface area contributed by atoms with Gasteiger partial charge in [0.1, 0.15) is 21.5 Å². The molecule has 1 fully saturated rings. The molecule has 12 heteroatoms. The summed E-state index contributed by atoms with van der Waals surface area (Å²) in [7, 11) is 10.3. The van der Waals surface area contributed by atoms with E-state index in [4.69, 9.17) is 11.6 Å². The van der Waals surface area contributed by atoms with Crippen molar-refractivity contribution in [1.29, 1.82) is 0 Å². The molecule has 1 aliphatic heterocycles. The van der Waals surface area contributed by atoms with Crippen LogP contribution in [0.25, 0.3) is 0 Å². The number of rotatable bonds is 7. The fraction of sp³-hybridized carbons (Fsp3) is 0.579. The molecule has 0 aliphatic carbocycles. The summed E-state index contributed by atoms with van der Waals surface area (Å²) < 4.78 is 13.6. The maximum absolute atomic E-state index is 13.6. The highest BCUT2D eigenvalue weighted by atomic mass is 35.5. The second kappa shape index (κ2) is 9.66. The molecule has 2 rings (SSSR count). The summed E-state index contributed by atoms with van der Waals surface area (Å²) in [5, 5.41) is 5.90. The maximum Gasteiger partial charge on any atom is 0.250 e. The van der Waals surface area contributed by atoms with Crippen LogP contribution in [0.5, 0.6) is 0 Å². The minimum Gasteiger partial charge on any atom is -0.362 e. The van der Waals surface area contributed by atoms with Crippen molar-refractivity contribution < 1.29 is 14.0 Å². The first-order valence-corrected chi connectivity index (χ1v) is 11.3. The van der Waals surface area contributed by atoms with E-state index in [1.165, 1.54) is 18.2 Å². The van der Waals surface area contributed by atoms with Gasteiger partial charge in [-0.3, -0.25) is 14.5 Å². The molecule has 31 heavy (non-hydrogen) atoms. The first kappa shape index (κ1) is 25.9. The number of nitrogens with zero attached hydrogens (tertiary/aromatic N) is 1. The van der Waals surface area contributed by atoms with Crippen molar-refractivity contribution in [1.82, 2.24) is 15.5 Å². The van der Waals surface area contributed by atoms with Gasteiger partial charge < -0.3 is 10.6 Å². The average molecular weight is 443 g/mol. The lowest BCUT2D eigenvalue weighted by Crippen LogP contribution is -2.58. The van der Waals surface area contributed by atoms with Gasteiger partial charge in [-0.05, 0) is 69.2 Å². The molecular formula is C19H32B5ClFN3O2. The van der Waals surface area contributed by atoms with Crippen LogP contribution in [0.2, 0.25) is 10.1 Å². The van der Waals surface area contributed by atoms with E-state index in [9.17, 15) is 14.0 Å². The zero-order chi connectivity index (χ0) is 23.6. The Labute approximate surface area is 195 Å². The number of likely N-dealkylation sites (tertiary alicyclic amines) is 1. The van der Waals surface area contributed by atoms with Crippen molar-refractivity contribution >= 4 is 62.6 Å². The van der Waals surface area contributed by atoms with Crippen molar-refractivity contribution in [3.8, 4) is 0 Å². The standard InChI is InChI=1S/C19H32B5ClFN3O2/c1-17(2,19(22,23)24)27-15(30)10-29-5-3-12(4-6-29)18(20,21)28-16(31)11-7-13(25)9-14(26)8-11/h7-9,12H,3-6,10,20-24H2,1-2H3,(H,27,30)(H,28,31). The monoisotopic (exact) mass is 443 g/mol. The van der Waals surface area contributed by atoms with Crippen molar-refractivity contribution in [2.75, 3.05) is 19.6 Å². The minimum absolute atomic E-state index is 0.0360. The van der Waals surface area contributed by atoms with Gasteiger partial charge in [-0.15, -0.1) is 0 Å². The summed E-state index contributed by atoms with van der Waals surface area (Å²) in [5.74, 6) is -0.575. The zero-order valence-electron chi connectivity index (χ0n) is 19.9. The van der Waals surface area contributed by atoms with E-state index in [0.29, 0.717) is 6.54 Å². The summed E-state index contributed by atoms with van der Waals surface area (Å²) >= 11 is 5.88. The van der Waals surface area contributed by atoms with Crippen LogP contribution in [0.4, 0.5) is 4.39 Å². The lowest BCUT2D eigenvalue weighted by molar-refractivity contribution is -0.124. The Morgan fingerprint density at radius 3 is 2.19 bits per heavy atom. The van der Waals surface area contributed by atoms with Gasteiger partial charge in [0.2, 0.25) is 5.91 Å². The summed E-state index contributed by atoms with van der Waals surface area (Å²) in [4.78, 5) is 27.4. The molecule has 1 heterocycles.